The van der Waals surface area contributed by atoms with Crippen molar-refractivity contribution in [1.29, 1.82) is 0 Å². The van der Waals surface area contributed by atoms with Crippen LogP contribution in [0.25, 0.3) is 6.08 Å². The Kier molecular flexibility index (Phi) is 7.83. The van der Waals surface area contributed by atoms with Crippen LogP contribution in [-0.4, -0.2) is 34.9 Å². The molecular weight excluding hydrogens is 461 g/mol. The Labute approximate surface area is 195 Å². The van der Waals surface area contributed by atoms with E-state index in [4.69, 9.17) is 44.9 Å². The normalized spacial score (nSPS) is 15.0. The van der Waals surface area contributed by atoms with Gasteiger partial charge in [0.15, 0.2) is 0 Å². The number of benzene rings is 2. The van der Waals surface area contributed by atoms with E-state index >= 15 is 0 Å². The van der Waals surface area contributed by atoms with E-state index in [1.807, 2.05) is 31.2 Å². The molecule has 0 N–H and O–H groups in total. The van der Waals surface area contributed by atoms with Gasteiger partial charge in [-0.2, -0.15) is 0 Å². The molecule has 2 aromatic rings. The van der Waals surface area contributed by atoms with Crippen LogP contribution in [0.5, 0.6) is 11.5 Å². The molecule has 0 unspecified atom stereocenters. The van der Waals surface area contributed by atoms with E-state index in [9.17, 15) is 4.79 Å². The number of hydrogen-bond donors (Lipinski definition) is 0. The molecule has 0 aliphatic carbocycles. The Morgan fingerprint density at radius 2 is 1.97 bits per heavy atom. The van der Waals surface area contributed by atoms with Crippen molar-refractivity contribution in [3.05, 3.63) is 75.1 Å². The number of carbonyl (C=O) groups is 1. The Morgan fingerprint density at radius 3 is 2.70 bits per heavy atom. The molecule has 1 fully saturated rings. The fraction of sp³-hybridized carbons (Fsp3) is 0.182. The molecule has 8 heteroatoms. The molecule has 1 saturated heterocycles. The lowest BCUT2D eigenvalue weighted by molar-refractivity contribution is -0.121. The van der Waals surface area contributed by atoms with Crippen molar-refractivity contribution < 1.29 is 14.3 Å². The predicted molar refractivity (Wildman–Crippen MR) is 129 cm³/mol. The van der Waals surface area contributed by atoms with Gasteiger partial charge in [0.1, 0.15) is 29.0 Å². The summed E-state index contributed by atoms with van der Waals surface area (Å²) in [4.78, 5) is 14.6. The zero-order chi connectivity index (χ0) is 21.7. The Morgan fingerprint density at radius 1 is 1.20 bits per heavy atom. The molecule has 156 valence electrons. The van der Waals surface area contributed by atoms with Crippen molar-refractivity contribution >= 4 is 63.5 Å². The highest BCUT2D eigenvalue weighted by Crippen LogP contribution is 2.38. The first-order valence-corrected chi connectivity index (χ1v) is 11.0. The number of rotatable bonds is 8. The van der Waals surface area contributed by atoms with Crippen molar-refractivity contribution in [2.75, 3.05) is 19.8 Å². The molecule has 0 aromatic heterocycles. The van der Waals surface area contributed by atoms with Gasteiger partial charge in [0.2, 0.25) is 0 Å². The number of carbonyl (C=O) groups excluding carboxylic acids is 1. The zero-order valence-electron chi connectivity index (χ0n) is 16.2. The molecule has 0 bridgehead atoms. The highest BCUT2D eigenvalue weighted by atomic mass is 35.5. The molecule has 3 rings (SSSR count). The molecule has 1 aliphatic rings. The summed E-state index contributed by atoms with van der Waals surface area (Å²) >= 11 is 19.0. The van der Waals surface area contributed by atoms with Crippen molar-refractivity contribution in [3.8, 4) is 11.5 Å². The minimum Gasteiger partial charge on any atom is -0.490 e. The number of thioether (sulfide) groups is 1. The van der Waals surface area contributed by atoms with Crippen LogP contribution in [0.1, 0.15) is 11.1 Å². The van der Waals surface area contributed by atoms with Gasteiger partial charge in [0.25, 0.3) is 5.91 Å². The predicted octanol–water partition coefficient (Wildman–Crippen LogP) is 6.15. The minimum absolute atomic E-state index is 0.185. The van der Waals surface area contributed by atoms with Crippen LogP contribution in [0.2, 0.25) is 10.0 Å². The van der Waals surface area contributed by atoms with E-state index in [-0.39, 0.29) is 12.5 Å². The third kappa shape index (κ3) is 5.58. The standard InChI is InChI=1S/C22H19Cl2NO3S2/c1-3-7-25-21(26)19(30-22(25)29)12-15-11-16(23)13-18(24)20(15)28-9-8-27-17-6-4-5-14(2)10-17/h3-6,10-13H,1,7-9H2,2H3. The summed E-state index contributed by atoms with van der Waals surface area (Å²) in [6.07, 6.45) is 3.32. The van der Waals surface area contributed by atoms with Crippen molar-refractivity contribution in [3.63, 3.8) is 0 Å². The maximum Gasteiger partial charge on any atom is 0.266 e. The number of hydrogen-bond acceptors (Lipinski definition) is 5. The van der Waals surface area contributed by atoms with Gasteiger partial charge in [-0.25, -0.2) is 0 Å². The SMILES string of the molecule is C=CCN1C(=O)C(=Cc2cc(Cl)cc(Cl)c2OCCOc2cccc(C)c2)SC1=S. The lowest BCUT2D eigenvalue weighted by Gasteiger charge is -2.13. The van der Waals surface area contributed by atoms with Crippen molar-refractivity contribution in [2.45, 2.75) is 6.92 Å². The summed E-state index contributed by atoms with van der Waals surface area (Å²) < 4.78 is 12.1. The smallest absolute Gasteiger partial charge is 0.266 e. The Hall–Kier alpha value is -1.99. The maximum atomic E-state index is 12.6. The molecule has 1 amide bonds. The van der Waals surface area contributed by atoms with E-state index in [1.165, 1.54) is 16.7 Å². The first-order valence-electron chi connectivity index (χ1n) is 9.06. The third-order valence-electron chi connectivity index (χ3n) is 4.10. The summed E-state index contributed by atoms with van der Waals surface area (Å²) in [6.45, 7) is 6.63. The molecule has 0 atom stereocenters. The lowest BCUT2D eigenvalue weighted by atomic mass is 10.1. The summed E-state index contributed by atoms with van der Waals surface area (Å²) in [5.41, 5.74) is 1.72. The first kappa shape index (κ1) is 22.7. The van der Waals surface area contributed by atoms with Crippen LogP contribution in [0.4, 0.5) is 0 Å². The fourth-order valence-electron chi connectivity index (χ4n) is 2.78. The van der Waals surface area contributed by atoms with Crippen LogP contribution >= 0.6 is 47.2 Å². The van der Waals surface area contributed by atoms with Gasteiger partial charge in [-0.1, -0.05) is 65.4 Å². The molecule has 2 aromatic carbocycles. The van der Waals surface area contributed by atoms with Gasteiger partial charge in [-0.05, 0) is 42.8 Å². The van der Waals surface area contributed by atoms with E-state index < -0.39 is 0 Å². The van der Waals surface area contributed by atoms with Gasteiger partial charge < -0.3 is 9.47 Å². The molecule has 0 saturated carbocycles. The average Bonchev–Trinajstić information content (AvgIpc) is 2.94. The molecule has 1 aliphatic heterocycles. The van der Waals surface area contributed by atoms with Crippen LogP contribution in [-0.2, 0) is 4.79 Å². The highest BCUT2D eigenvalue weighted by Gasteiger charge is 2.31. The second kappa shape index (κ2) is 10.4. The van der Waals surface area contributed by atoms with Crippen LogP contribution in [0, 0.1) is 6.92 Å². The second-order valence-electron chi connectivity index (χ2n) is 6.40. The summed E-state index contributed by atoms with van der Waals surface area (Å²) in [5, 5.41) is 0.794. The number of halogens is 2. The fourth-order valence-corrected chi connectivity index (χ4v) is 4.61. The van der Waals surface area contributed by atoms with Crippen LogP contribution in [0.3, 0.4) is 0 Å². The largest absolute Gasteiger partial charge is 0.490 e. The van der Waals surface area contributed by atoms with Gasteiger partial charge in [-0.3, -0.25) is 9.69 Å². The minimum atomic E-state index is -0.185. The van der Waals surface area contributed by atoms with Gasteiger partial charge in [0.05, 0.1) is 9.93 Å². The van der Waals surface area contributed by atoms with Crippen molar-refractivity contribution in [1.82, 2.24) is 4.90 Å². The number of nitrogens with zero attached hydrogens (tertiary/aromatic N) is 1. The second-order valence-corrected chi connectivity index (χ2v) is 8.92. The van der Waals surface area contributed by atoms with Crippen LogP contribution in [0.15, 0.2) is 54.0 Å². The molecular formula is C22H19Cl2NO3S2. The average molecular weight is 480 g/mol. The number of amides is 1. The summed E-state index contributed by atoms with van der Waals surface area (Å²) in [5.74, 6) is 1.02. The quantitative estimate of drug-likeness (QED) is 0.196. The van der Waals surface area contributed by atoms with Gasteiger partial charge in [-0.15, -0.1) is 6.58 Å². The van der Waals surface area contributed by atoms with E-state index in [0.29, 0.717) is 43.7 Å². The molecule has 30 heavy (non-hydrogen) atoms. The summed E-state index contributed by atoms with van der Waals surface area (Å²) in [7, 11) is 0. The molecule has 4 nitrogen and oxygen atoms in total. The van der Waals surface area contributed by atoms with Gasteiger partial charge in [0, 0.05) is 17.1 Å². The highest BCUT2D eigenvalue weighted by molar-refractivity contribution is 8.26. The van der Waals surface area contributed by atoms with Crippen molar-refractivity contribution in [2.24, 2.45) is 0 Å². The third-order valence-corrected chi connectivity index (χ3v) is 5.97. The maximum absolute atomic E-state index is 12.6. The lowest BCUT2D eigenvalue weighted by Crippen LogP contribution is -2.27. The van der Waals surface area contributed by atoms with E-state index in [1.54, 1.807) is 24.3 Å². The number of aryl methyl sites for hydroxylation is 1. The Balaban J connectivity index is 1.75. The molecule has 0 spiro atoms. The van der Waals surface area contributed by atoms with Crippen LogP contribution < -0.4 is 9.47 Å². The van der Waals surface area contributed by atoms with E-state index in [2.05, 4.69) is 6.58 Å². The zero-order valence-corrected chi connectivity index (χ0v) is 19.3. The Bertz CT molecular complexity index is 1020. The summed E-state index contributed by atoms with van der Waals surface area (Å²) in [6, 6.07) is 11.1. The van der Waals surface area contributed by atoms with Gasteiger partial charge >= 0.3 is 0 Å². The van der Waals surface area contributed by atoms with E-state index in [0.717, 1.165) is 11.3 Å². The molecule has 0 radical (unpaired) electrons. The first-order chi connectivity index (χ1) is 14.4. The number of ether oxygens (including phenoxy) is 2. The number of thiocarbonyl (C=S) groups is 1. The monoisotopic (exact) mass is 479 g/mol. The molecule has 1 heterocycles. The topological polar surface area (TPSA) is 38.8 Å².